The molecule has 0 aliphatic heterocycles. The number of aromatic nitrogens is 6. The Labute approximate surface area is 426 Å². The molecule has 0 atom stereocenters. The zero-order valence-electron chi connectivity index (χ0n) is 40.5. The molecular formula is C67H44N6O. The molecule has 348 valence electrons. The van der Waals surface area contributed by atoms with Gasteiger partial charge in [-0.25, -0.2) is 19.9 Å². The van der Waals surface area contributed by atoms with E-state index in [1.165, 1.54) is 43.8 Å². The highest BCUT2D eigenvalue weighted by Crippen LogP contribution is 2.51. The summed E-state index contributed by atoms with van der Waals surface area (Å²) in [5, 5.41) is 4.80. The Morgan fingerprint density at radius 3 is 1.42 bits per heavy atom. The maximum absolute atomic E-state index is 6.52. The van der Waals surface area contributed by atoms with Crippen molar-refractivity contribution >= 4 is 54.7 Å². The van der Waals surface area contributed by atoms with Gasteiger partial charge in [0.15, 0.2) is 23.1 Å². The maximum Gasteiger partial charge on any atom is 0.227 e. The summed E-state index contributed by atoms with van der Waals surface area (Å²) in [4.78, 5) is 19.9. The predicted octanol–water partition coefficient (Wildman–Crippen LogP) is 16.8. The minimum absolute atomic E-state index is 0.297. The minimum atomic E-state index is -0.297. The van der Waals surface area contributed by atoms with Gasteiger partial charge in [0, 0.05) is 66.2 Å². The molecule has 0 spiro atoms. The molecule has 0 bridgehead atoms. The molecule has 0 saturated carbocycles. The third-order valence-electron chi connectivity index (χ3n) is 15.2. The number of oxazole rings is 1. The lowest BCUT2D eigenvalue weighted by atomic mass is 9.81. The number of hydrogen-bond acceptors (Lipinski definition) is 5. The van der Waals surface area contributed by atoms with Crippen LogP contribution in [0.15, 0.2) is 235 Å². The Morgan fingerprint density at radius 2 is 0.824 bits per heavy atom. The fourth-order valence-corrected chi connectivity index (χ4v) is 11.6. The van der Waals surface area contributed by atoms with Crippen LogP contribution in [0.25, 0.3) is 134 Å². The summed E-state index contributed by atoms with van der Waals surface area (Å²) in [6, 6.07) is 81.5. The molecule has 0 amide bonds. The highest BCUT2D eigenvalue weighted by molar-refractivity contribution is 6.24. The van der Waals surface area contributed by atoms with Crippen LogP contribution in [0.3, 0.4) is 0 Å². The second-order valence-corrected chi connectivity index (χ2v) is 19.8. The lowest BCUT2D eigenvalue weighted by Gasteiger charge is -2.23. The van der Waals surface area contributed by atoms with Gasteiger partial charge in [0.25, 0.3) is 0 Å². The number of nitrogens with zero attached hydrogens (tertiary/aromatic N) is 6. The molecule has 0 fully saturated rings. The van der Waals surface area contributed by atoms with Gasteiger partial charge >= 0.3 is 0 Å². The van der Waals surface area contributed by atoms with Crippen LogP contribution in [0.2, 0.25) is 0 Å². The number of rotatable bonds is 7. The summed E-state index contributed by atoms with van der Waals surface area (Å²) in [5.41, 5.74) is 19.1. The molecule has 74 heavy (non-hydrogen) atoms. The Kier molecular flexibility index (Phi) is 9.17. The van der Waals surface area contributed by atoms with Crippen LogP contribution < -0.4 is 0 Å². The molecule has 1 aliphatic carbocycles. The van der Waals surface area contributed by atoms with Gasteiger partial charge in [-0.15, -0.1) is 0 Å². The highest BCUT2D eigenvalue weighted by atomic mass is 16.3. The van der Waals surface area contributed by atoms with E-state index in [9.17, 15) is 0 Å². The van der Waals surface area contributed by atoms with Crippen LogP contribution in [0, 0.1) is 0 Å². The lowest BCUT2D eigenvalue weighted by molar-refractivity contribution is 0.620. The number of para-hydroxylation sites is 3. The van der Waals surface area contributed by atoms with Crippen molar-refractivity contribution < 1.29 is 4.42 Å². The van der Waals surface area contributed by atoms with Crippen molar-refractivity contribution in [3.63, 3.8) is 0 Å². The van der Waals surface area contributed by atoms with Crippen LogP contribution in [-0.2, 0) is 5.41 Å². The van der Waals surface area contributed by atoms with Gasteiger partial charge in [-0.05, 0) is 101 Å². The monoisotopic (exact) mass is 948 g/mol. The molecule has 7 heteroatoms. The zero-order chi connectivity index (χ0) is 49.1. The fourth-order valence-electron chi connectivity index (χ4n) is 11.6. The molecule has 10 aromatic carbocycles. The highest BCUT2D eigenvalue weighted by Gasteiger charge is 2.36. The van der Waals surface area contributed by atoms with E-state index in [1.807, 2.05) is 97.1 Å². The molecule has 14 aromatic rings. The summed E-state index contributed by atoms with van der Waals surface area (Å²) in [5.74, 6) is 2.52. The van der Waals surface area contributed by atoms with E-state index in [2.05, 4.69) is 156 Å². The van der Waals surface area contributed by atoms with Gasteiger partial charge in [0.1, 0.15) is 5.52 Å². The predicted molar refractivity (Wildman–Crippen MR) is 301 cm³/mol. The first-order chi connectivity index (χ1) is 36.4. The van der Waals surface area contributed by atoms with E-state index in [4.69, 9.17) is 24.4 Å². The second kappa shape index (κ2) is 16.2. The smallest absolute Gasteiger partial charge is 0.227 e. The molecule has 4 heterocycles. The molecule has 4 aromatic heterocycles. The van der Waals surface area contributed by atoms with E-state index >= 15 is 0 Å². The quantitative estimate of drug-likeness (QED) is 0.159. The maximum atomic E-state index is 6.52. The van der Waals surface area contributed by atoms with Crippen LogP contribution in [-0.4, -0.2) is 29.1 Å². The van der Waals surface area contributed by atoms with Gasteiger partial charge < -0.3 is 13.6 Å². The van der Waals surface area contributed by atoms with Crippen LogP contribution >= 0.6 is 0 Å². The van der Waals surface area contributed by atoms with Crippen molar-refractivity contribution in [2.45, 2.75) is 19.3 Å². The fraction of sp³-hybridized carbons (Fsp3) is 0.0448. The summed E-state index contributed by atoms with van der Waals surface area (Å²) in [6.07, 6.45) is 0. The van der Waals surface area contributed by atoms with Crippen molar-refractivity contribution in [3.8, 4) is 79.2 Å². The van der Waals surface area contributed by atoms with E-state index < -0.39 is 0 Å². The molecule has 0 unspecified atom stereocenters. The van der Waals surface area contributed by atoms with E-state index in [0.29, 0.717) is 23.4 Å². The van der Waals surface area contributed by atoms with Crippen molar-refractivity contribution in [2.75, 3.05) is 0 Å². The van der Waals surface area contributed by atoms with Crippen LogP contribution in [0.4, 0.5) is 0 Å². The van der Waals surface area contributed by atoms with E-state index in [0.717, 1.165) is 77.9 Å². The summed E-state index contributed by atoms with van der Waals surface area (Å²) < 4.78 is 11.5. The first-order valence-corrected chi connectivity index (χ1v) is 25.1. The van der Waals surface area contributed by atoms with E-state index in [-0.39, 0.29) is 5.41 Å². The Bertz CT molecular complexity index is 4490. The summed E-state index contributed by atoms with van der Waals surface area (Å²) >= 11 is 0. The first kappa shape index (κ1) is 42.0. The van der Waals surface area contributed by atoms with E-state index in [1.54, 1.807) is 0 Å². The van der Waals surface area contributed by atoms with Crippen molar-refractivity contribution in [1.82, 2.24) is 29.1 Å². The third-order valence-corrected chi connectivity index (χ3v) is 15.2. The van der Waals surface area contributed by atoms with Gasteiger partial charge in [-0.2, -0.15) is 0 Å². The first-order valence-electron chi connectivity index (χ1n) is 25.1. The Hall–Kier alpha value is -9.72. The molecule has 0 N–H and O–H groups in total. The molecule has 0 saturated heterocycles. The van der Waals surface area contributed by atoms with Crippen molar-refractivity contribution in [1.29, 1.82) is 0 Å². The summed E-state index contributed by atoms with van der Waals surface area (Å²) in [7, 11) is 0. The SMILES string of the molecule is CC1(C)c2cc(-c3cccc4nc(-c5ccccc5)oc34)ccc2-c2ccc(-n3c4ccccc4c4ccc5c6ccccc6n(-c6ccc(-c7nc(-c8ccccc8)nc(-c8ccccc8)n7)cc6)c5c43)cc21. The number of fused-ring (bicyclic) bond motifs is 11. The Balaban J connectivity index is 0.878. The molecular weight excluding hydrogens is 905 g/mol. The minimum Gasteiger partial charge on any atom is -0.435 e. The molecule has 15 rings (SSSR count). The standard InChI is InChI=1S/C67H44N6O/c1-67(2)55-39-45(48-25-16-26-57-62(48)74-66(68-57)44-21-10-5-11-22-44)31-35-49(55)50-36-34-47(40-56(50)67)73-59-28-15-13-24-52(59)54-38-37-53-51-23-12-14-27-58(51)72(60(53)61(54)73)46-32-29-43(30-33-46)65-70-63(41-17-6-3-7-18-41)69-64(71-65)42-19-8-4-9-20-42/h3-40H,1-2H3. The van der Waals surface area contributed by atoms with Crippen LogP contribution in [0.5, 0.6) is 0 Å². The van der Waals surface area contributed by atoms with Crippen molar-refractivity contribution in [3.05, 3.63) is 242 Å². The molecule has 1 aliphatic rings. The van der Waals surface area contributed by atoms with Gasteiger partial charge in [0.2, 0.25) is 5.89 Å². The second-order valence-electron chi connectivity index (χ2n) is 19.8. The Morgan fingerprint density at radius 1 is 0.351 bits per heavy atom. The number of benzene rings is 10. The van der Waals surface area contributed by atoms with Gasteiger partial charge in [0.05, 0.1) is 22.1 Å². The number of hydrogen-bond donors (Lipinski definition) is 0. The average Bonchev–Trinajstić information content (AvgIpc) is 4.27. The normalized spacial score (nSPS) is 12.8. The van der Waals surface area contributed by atoms with Gasteiger partial charge in [-0.1, -0.05) is 172 Å². The average molecular weight is 949 g/mol. The summed E-state index contributed by atoms with van der Waals surface area (Å²) in [6.45, 7) is 4.72. The van der Waals surface area contributed by atoms with Crippen molar-refractivity contribution in [2.24, 2.45) is 0 Å². The van der Waals surface area contributed by atoms with Gasteiger partial charge in [-0.3, -0.25) is 0 Å². The molecule has 7 nitrogen and oxygen atoms in total. The van der Waals surface area contributed by atoms with Crippen LogP contribution in [0.1, 0.15) is 25.0 Å². The third kappa shape index (κ3) is 6.39. The topological polar surface area (TPSA) is 74.6 Å². The lowest BCUT2D eigenvalue weighted by Crippen LogP contribution is -2.15. The largest absolute Gasteiger partial charge is 0.435 e. The molecule has 0 radical (unpaired) electrons. The zero-order valence-corrected chi connectivity index (χ0v) is 40.5.